The number of hydrazone groups is 1. The van der Waals surface area contributed by atoms with Crippen LogP contribution in [0.1, 0.15) is 13.8 Å². The first kappa shape index (κ1) is 11.4. The van der Waals surface area contributed by atoms with Crippen molar-refractivity contribution in [3.05, 3.63) is 34.7 Å². The Kier molecular flexibility index (Phi) is 2.99. The van der Waals surface area contributed by atoms with E-state index in [0.717, 1.165) is 17.7 Å². The molecule has 4 N–H and O–H groups in total. The van der Waals surface area contributed by atoms with E-state index >= 15 is 0 Å². The van der Waals surface area contributed by atoms with Gasteiger partial charge in [0.1, 0.15) is 0 Å². The molecule has 2 rings (SSSR count). The van der Waals surface area contributed by atoms with Crippen molar-refractivity contribution in [2.45, 2.75) is 20.0 Å². The first-order valence-corrected chi connectivity index (χ1v) is 5.60. The van der Waals surface area contributed by atoms with Crippen LogP contribution < -0.4 is 11.5 Å². The van der Waals surface area contributed by atoms with Gasteiger partial charge in [0, 0.05) is 35.3 Å². The molecule has 2 heterocycles. The van der Waals surface area contributed by atoms with Gasteiger partial charge >= 0.3 is 0 Å². The number of hydrogen-bond donors (Lipinski definition) is 2. The molecule has 17 heavy (non-hydrogen) atoms. The van der Waals surface area contributed by atoms with Crippen molar-refractivity contribution in [1.82, 2.24) is 5.01 Å². The molecule has 0 bridgehead atoms. The number of nitrogens with two attached hydrogens (primary N) is 2. The predicted octanol–water partition coefficient (Wildman–Crippen LogP) is 0.720. The number of fused-ring (bicyclic) bond motifs is 1. The third-order valence-corrected chi connectivity index (χ3v) is 2.65. The number of aliphatic imine (C=N–C) groups is 1. The van der Waals surface area contributed by atoms with Crippen LogP contribution in [-0.2, 0) is 0 Å². The number of hydrogen-bond acceptors (Lipinski definition) is 5. The monoisotopic (exact) mass is 231 g/mol. The zero-order chi connectivity index (χ0) is 12.4. The molecule has 2 aliphatic rings. The van der Waals surface area contributed by atoms with Crippen molar-refractivity contribution < 1.29 is 0 Å². The van der Waals surface area contributed by atoms with Crippen LogP contribution in [0.5, 0.6) is 0 Å². The first-order valence-electron chi connectivity index (χ1n) is 5.60. The van der Waals surface area contributed by atoms with Crippen molar-refractivity contribution in [2.24, 2.45) is 21.6 Å². The molecular formula is C12H17N5. The molecule has 0 radical (unpaired) electrons. The molecule has 5 nitrogen and oxygen atoms in total. The first-order chi connectivity index (χ1) is 8.11. The summed E-state index contributed by atoms with van der Waals surface area (Å²) in [6, 6.07) is 0. The molecule has 0 aromatic rings. The van der Waals surface area contributed by atoms with Crippen LogP contribution >= 0.6 is 0 Å². The standard InChI is InChI=1S/C12H17N5/c1-3-17-12-10(7-16-17)5-9(6-15-12)11(14)4-8(2)13/h4-7,12H,3,13-14H2,1-2H3/b8-4+,11-9?. The third kappa shape index (κ3) is 2.22. The fraction of sp³-hybridized carbons (Fsp3) is 0.333. The summed E-state index contributed by atoms with van der Waals surface area (Å²) in [5, 5.41) is 6.21. The van der Waals surface area contributed by atoms with E-state index in [4.69, 9.17) is 11.5 Å². The summed E-state index contributed by atoms with van der Waals surface area (Å²) in [6.07, 6.45) is 7.37. The molecule has 0 aromatic carbocycles. The molecule has 1 unspecified atom stereocenters. The summed E-state index contributed by atoms with van der Waals surface area (Å²) in [6.45, 7) is 4.70. The second kappa shape index (κ2) is 4.45. The average molecular weight is 231 g/mol. The van der Waals surface area contributed by atoms with Gasteiger partial charge in [-0.2, -0.15) is 5.10 Å². The minimum Gasteiger partial charge on any atom is -0.402 e. The maximum absolute atomic E-state index is 5.93. The molecule has 0 aliphatic carbocycles. The predicted molar refractivity (Wildman–Crippen MR) is 70.4 cm³/mol. The average Bonchev–Trinajstić information content (AvgIpc) is 2.69. The molecular weight excluding hydrogens is 214 g/mol. The summed E-state index contributed by atoms with van der Waals surface area (Å²) in [5.41, 5.74) is 14.8. The molecule has 2 aliphatic heterocycles. The molecule has 0 amide bonds. The summed E-state index contributed by atoms with van der Waals surface area (Å²) in [5.74, 6) is 0. The van der Waals surface area contributed by atoms with Crippen LogP contribution in [-0.4, -0.2) is 30.1 Å². The van der Waals surface area contributed by atoms with Crippen molar-refractivity contribution in [3.8, 4) is 0 Å². The number of likely N-dealkylation sites (N-methyl/N-ethyl adjacent to an activating group) is 1. The van der Waals surface area contributed by atoms with Crippen LogP contribution in [0.2, 0.25) is 0 Å². The second-order valence-corrected chi connectivity index (χ2v) is 4.10. The lowest BCUT2D eigenvalue weighted by atomic mass is 10.1. The zero-order valence-electron chi connectivity index (χ0n) is 10.1. The lowest BCUT2D eigenvalue weighted by Gasteiger charge is -2.21. The maximum atomic E-state index is 5.93. The van der Waals surface area contributed by atoms with Crippen molar-refractivity contribution >= 4 is 12.4 Å². The smallest absolute Gasteiger partial charge is 0.164 e. The fourth-order valence-electron chi connectivity index (χ4n) is 1.83. The number of allylic oxidation sites excluding steroid dienone is 4. The van der Waals surface area contributed by atoms with E-state index in [0.29, 0.717) is 11.4 Å². The van der Waals surface area contributed by atoms with Crippen LogP contribution in [0.3, 0.4) is 0 Å². The van der Waals surface area contributed by atoms with E-state index in [9.17, 15) is 0 Å². The molecule has 0 aromatic heterocycles. The Morgan fingerprint density at radius 1 is 1.47 bits per heavy atom. The van der Waals surface area contributed by atoms with Crippen molar-refractivity contribution in [2.75, 3.05) is 6.54 Å². The summed E-state index contributed by atoms with van der Waals surface area (Å²) >= 11 is 0. The Morgan fingerprint density at radius 3 is 2.88 bits per heavy atom. The van der Waals surface area contributed by atoms with Crippen LogP contribution in [0.25, 0.3) is 0 Å². The zero-order valence-corrected chi connectivity index (χ0v) is 10.1. The third-order valence-electron chi connectivity index (χ3n) is 2.65. The Bertz CT molecular complexity index is 463. The van der Waals surface area contributed by atoms with Gasteiger partial charge < -0.3 is 11.5 Å². The highest BCUT2D eigenvalue weighted by Gasteiger charge is 2.25. The largest absolute Gasteiger partial charge is 0.402 e. The van der Waals surface area contributed by atoms with E-state index in [1.54, 1.807) is 19.2 Å². The van der Waals surface area contributed by atoms with Crippen molar-refractivity contribution in [1.29, 1.82) is 0 Å². The highest BCUT2D eigenvalue weighted by atomic mass is 15.5. The molecule has 0 saturated carbocycles. The molecule has 1 atom stereocenters. The van der Waals surface area contributed by atoms with Gasteiger partial charge in [0.2, 0.25) is 0 Å². The van der Waals surface area contributed by atoms with E-state index < -0.39 is 0 Å². The van der Waals surface area contributed by atoms with Gasteiger partial charge in [0.05, 0.1) is 6.21 Å². The molecule has 0 saturated heterocycles. The summed E-state index contributed by atoms with van der Waals surface area (Å²) in [4.78, 5) is 4.45. The van der Waals surface area contributed by atoms with E-state index in [-0.39, 0.29) is 6.17 Å². The second-order valence-electron chi connectivity index (χ2n) is 4.10. The van der Waals surface area contributed by atoms with Gasteiger partial charge in [-0.25, -0.2) is 0 Å². The van der Waals surface area contributed by atoms with Gasteiger partial charge in [-0.3, -0.25) is 10.0 Å². The van der Waals surface area contributed by atoms with Crippen LogP contribution in [0.15, 0.2) is 44.8 Å². The number of rotatable bonds is 2. The minimum absolute atomic E-state index is 0.0134. The number of nitrogens with zero attached hydrogens (tertiary/aromatic N) is 3. The molecule has 90 valence electrons. The molecule has 5 heteroatoms. The van der Waals surface area contributed by atoms with Crippen LogP contribution in [0.4, 0.5) is 0 Å². The Labute approximate surface area is 101 Å². The van der Waals surface area contributed by atoms with E-state index in [1.165, 1.54) is 0 Å². The highest BCUT2D eigenvalue weighted by molar-refractivity contribution is 5.93. The van der Waals surface area contributed by atoms with E-state index in [2.05, 4.69) is 17.0 Å². The van der Waals surface area contributed by atoms with Gasteiger partial charge in [0.15, 0.2) is 6.17 Å². The van der Waals surface area contributed by atoms with Crippen molar-refractivity contribution in [3.63, 3.8) is 0 Å². The lowest BCUT2D eigenvalue weighted by molar-refractivity contribution is 0.272. The normalized spacial score (nSPS) is 26.0. The van der Waals surface area contributed by atoms with Gasteiger partial charge in [-0.05, 0) is 26.0 Å². The summed E-state index contributed by atoms with van der Waals surface area (Å²) in [7, 11) is 0. The van der Waals surface area contributed by atoms with Crippen LogP contribution in [0, 0.1) is 0 Å². The Balaban J connectivity index is 2.29. The van der Waals surface area contributed by atoms with Gasteiger partial charge in [0.25, 0.3) is 0 Å². The van der Waals surface area contributed by atoms with E-state index in [1.807, 2.05) is 17.3 Å². The SMILES string of the molecule is CCN1N=CC2=CC(=C(N)/C=C(\C)N)C=NC21. The quantitative estimate of drug-likeness (QED) is 0.735. The highest BCUT2D eigenvalue weighted by Crippen LogP contribution is 2.23. The molecule has 0 fully saturated rings. The molecule has 0 spiro atoms. The minimum atomic E-state index is 0.0134. The number of dihydropyridines is 1. The summed E-state index contributed by atoms with van der Waals surface area (Å²) < 4.78 is 0. The van der Waals surface area contributed by atoms with Gasteiger partial charge in [-0.1, -0.05) is 0 Å². The Morgan fingerprint density at radius 2 is 2.24 bits per heavy atom. The Hall–Kier alpha value is -2.04. The van der Waals surface area contributed by atoms with Gasteiger partial charge in [-0.15, -0.1) is 0 Å². The topological polar surface area (TPSA) is 80.0 Å². The lowest BCUT2D eigenvalue weighted by Crippen LogP contribution is -2.27. The maximum Gasteiger partial charge on any atom is 0.164 e. The fourth-order valence-corrected chi connectivity index (χ4v) is 1.83.